The van der Waals surface area contributed by atoms with Crippen LogP contribution in [0.2, 0.25) is 0 Å². The largest absolute Gasteiger partial charge is 0.253 e. The van der Waals surface area contributed by atoms with Crippen LogP contribution in [0.4, 0.5) is 0 Å². The van der Waals surface area contributed by atoms with Crippen molar-refractivity contribution in [2.24, 2.45) is 5.92 Å². The summed E-state index contributed by atoms with van der Waals surface area (Å²) in [4.78, 5) is 0. The molecular formula is C14H20BrNO2S2. The van der Waals surface area contributed by atoms with Gasteiger partial charge in [0.25, 0.3) is 10.0 Å². The van der Waals surface area contributed by atoms with Gasteiger partial charge in [-0.1, -0.05) is 19.3 Å². The number of nitrogens with zero attached hydrogens (tertiary/aromatic N) is 1. The van der Waals surface area contributed by atoms with Crippen molar-refractivity contribution in [3.63, 3.8) is 0 Å². The number of rotatable bonds is 5. The first-order chi connectivity index (χ1) is 9.59. The molecule has 2 saturated carbocycles. The van der Waals surface area contributed by atoms with Gasteiger partial charge >= 0.3 is 0 Å². The van der Waals surface area contributed by atoms with Crippen LogP contribution in [0.15, 0.2) is 20.1 Å². The van der Waals surface area contributed by atoms with E-state index in [0.717, 1.165) is 19.4 Å². The van der Waals surface area contributed by atoms with Crippen molar-refractivity contribution in [2.75, 3.05) is 6.54 Å². The smallest absolute Gasteiger partial charge is 0.206 e. The van der Waals surface area contributed by atoms with E-state index in [1.54, 1.807) is 4.31 Å². The summed E-state index contributed by atoms with van der Waals surface area (Å²) in [5.74, 6) is 0.554. The molecule has 0 amide bonds. The van der Waals surface area contributed by atoms with Gasteiger partial charge in [-0.15, -0.1) is 11.3 Å². The predicted molar refractivity (Wildman–Crippen MR) is 85.5 cm³/mol. The Labute approximate surface area is 133 Å². The molecule has 2 fully saturated rings. The van der Waals surface area contributed by atoms with Gasteiger partial charge in [-0.3, -0.25) is 0 Å². The molecule has 0 saturated heterocycles. The van der Waals surface area contributed by atoms with Crippen molar-refractivity contribution >= 4 is 37.3 Å². The average molecular weight is 378 g/mol. The molecule has 1 aromatic rings. The fraction of sp³-hybridized carbons (Fsp3) is 0.714. The van der Waals surface area contributed by atoms with E-state index in [1.807, 2.05) is 11.4 Å². The minimum atomic E-state index is -3.32. The highest BCUT2D eigenvalue weighted by molar-refractivity contribution is 9.10. The van der Waals surface area contributed by atoms with Crippen molar-refractivity contribution in [3.8, 4) is 0 Å². The van der Waals surface area contributed by atoms with Crippen molar-refractivity contribution in [1.82, 2.24) is 4.31 Å². The molecule has 20 heavy (non-hydrogen) atoms. The van der Waals surface area contributed by atoms with Gasteiger partial charge in [0.2, 0.25) is 0 Å². The molecule has 2 aliphatic carbocycles. The third-order valence-corrected chi connectivity index (χ3v) is 8.81. The summed E-state index contributed by atoms with van der Waals surface area (Å²) in [6.45, 7) is 0.720. The van der Waals surface area contributed by atoms with Crippen LogP contribution in [-0.4, -0.2) is 25.3 Å². The summed E-state index contributed by atoms with van der Waals surface area (Å²) in [7, 11) is -3.32. The minimum Gasteiger partial charge on any atom is -0.206 e. The number of hydrogen-bond donors (Lipinski definition) is 0. The lowest BCUT2D eigenvalue weighted by Gasteiger charge is -2.29. The number of hydrogen-bond acceptors (Lipinski definition) is 3. The Balaban J connectivity index is 1.81. The summed E-state index contributed by atoms with van der Waals surface area (Å²) < 4.78 is 28.7. The van der Waals surface area contributed by atoms with E-state index in [0.29, 0.717) is 14.6 Å². The quantitative estimate of drug-likeness (QED) is 0.768. The van der Waals surface area contributed by atoms with Crippen LogP contribution >= 0.6 is 27.3 Å². The van der Waals surface area contributed by atoms with Gasteiger partial charge in [-0.25, -0.2) is 8.42 Å². The fourth-order valence-electron chi connectivity index (χ4n) is 3.00. The molecule has 0 aromatic carbocycles. The zero-order chi connectivity index (χ0) is 14.2. The van der Waals surface area contributed by atoms with Crippen molar-refractivity contribution in [1.29, 1.82) is 0 Å². The molecule has 112 valence electrons. The van der Waals surface area contributed by atoms with Gasteiger partial charge in [-0.05, 0) is 59.0 Å². The molecule has 0 bridgehead atoms. The monoisotopic (exact) mass is 377 g/mol. The number of halogens is 1. The van der Waals surface area contributed by atoms with Crippen LogP contribution < -0.4 is 0 Å². The summed E-state index contributed by atoms with van der Waals surface area (Å²) >= 11 is 4.69. The van der Waals surface area contributed by atoms with E-state index in [4.69, 9.17) is 0 Å². The molecule has 0 spiro atoms. The van der Waals surface area contributed by atoms with Crippen LogP contribution in [0.25, 0.3) is 0 Å². The van der Waals surface area contributed by atoms with Gasteiger partial charge < -0.3 is 0 Å². The van der Waals surface area contributed by atoms with E-state index < -0.39 is 10.0 Å². The maximum absolute atomic E-state index is 12.9. The third-order valence-electron chi connectivity index (χ3n) is 4.24. The molecule has 1 aromatic heterocycles. The summed E-state index contributed by atoms with van der Waals surface area (Å²) in [5, 5.41) is 1.84. The van der Waals surface area contributed by atoms with Gasteiger partial charge in [0.15, 0.2) is 0 Å². The molecule has 0 unspecified atom stereocenters. The molecule has 0 radical (unpaired) electrons. The molecule has 0 N–H and O–H groups in total. The Bertz CT molecular complexity index is 559. The molecular weight excluding hydrogens is 358 g/mol. The summed E-state index contributed by atoms with van der Waals surface area (Å²) in [5.41, 5.74) is 0. The summed E-state index contributed by atoms with van der Waals surface area (Å²) in [6.07, 6.45) is 8.24. The van der Waals surface area contributed by atoms with Crippen LogP contribution in [0, 0.1) is 5.92 Å². The van der Waals surface area contributed by atoms with Crippen molar-refractivity contribution < 1.29 is 8.42 Å². The van der Waals surface area contributed by atoms with E-state index in [9.17, 15) is 8.42 Å². The van der Waals surface area contributed by atoms with Crippen molar-refractivity contribution in [3.05, 3.63) is 15.9 Å². The maximum Gasteiger partial charge on any atom is 0.253 e. The predicted octanol–water partition coefficient (Wildman–Crippen LogP) is 4.24. The lowest BCUT2D eigenvalue weighted by molar-refractivity contribution is 0.274. The van der Waals surface area contributed by atoms with Gasteiger partial charge in [0, 0.05) is 17.1 Å². The van der Waals surface area contributed by atoms with Crippen LogP contribution in [0.5, 0.6) is 0 Å². The van der Waals surface area contributed by atoms with Crippen LogP contribution in [0.1, 0.15) is 44.9 Å². The maximum atomic E-state index is 12.9. The van der Waals surface area contributed by atoms with E-state index in [-0.39, 0.29) is 6.04 Å². The highest BCUT2D eigenvalue weighted by Crippen LogP contribution is 2.38. The van der Waals surface area contributed by atoms with Gasteiger partial charge in [0.05, 0.1) is 0 Å². The Morgan fingerprint density at radius 1 is 1.20 bits per heavy atom. The van der Waals surface area contributed by atoms with E-state index in [2.05, 4.69) is 15.9 Å². The fourth-order valence-corrected chi connectivity index (χ4v) is 7.19. The van der Waals surface area contributed by atoms with Gasteiger partial charge in [-0.2, -0.15) is 4.31 Å². The average Bonchev–Trinajstić information content (AvgIpc) is 3.18. The zero-order valence-electron chi connectivity index (χ0n) is 11.4. The second kappa shape index (κ2) is 6.07. The van der Waals surface area contributed by atoms with Crippen LogP contribution in [0.3, 0.4) is 0 Å². The first-order valence-corrected chi connectivity index (χ1v) is 10.4. The Morgan fingerprint density at radius 2 is 1.90 bits per heavy atom. The lowest BCUT2D eigenvalue weighted by atomic mass is 9.89. The zero-order valence-corrected chi connectivity index (χ0v) is 14.6. The Hall–Kier alpha value is 0.0900. The van der Waals surface area contributed by atoms with Crippen LogP contribution in [-0.2, 0) is 10.0 Å². The third kappa shape index (κ3) is 3.13. The van der Waals surface area contributed by atoms with Gasteiger partial charge in [0.1, 0.15) is 4.21 Å². The number of thiophene rings is 1. The summed E-state index contributed by atoms with van der Waals surface area (Å²) in [6, 6.07) is 2.07. The first kappa shape index (κ1) is 15.0. The highest BCUT2D eigenvalue weighted by Gasteiger charge is 2.40. The SMILES string of the molecule is O=S(=O)(c1sccc1Br)N(CC1CCCCC1)C1CC1. The minimum absolute atomic E-state index is 0.246. The molecule has 0 aliphatic heterocycles. The molecule has 2 aliphatic rings. The second-order valence-corrected chi connectivity index (χ2v) is 9.72. The standard InChI is InChI=1S/C14H20BrNO2S2/c15-13-8-9-19-14(13)20(17,18)16(12-6-7-12)10-11-4-2-1-3-5-11/h8-9,11-12H,1-7,10H2. The molecule has 1 heterocycles. The lowest BCUT2D eigenvalue weighted by Crippen LogP contribution is -2.37. The Kier molecular flexibility index (Phi) is 4.55. The molecule has 3 rings (SSSR count). The van der Waals surface area contributed by atoms with E-state index in [1.165, 1.54) is 43.4 Å². The molecule has 6 heteroatoms. The van der Waals surface area contributed by atoms with E-state index >= 15 is 0 Å². The number of sulfonamides is 1. The first-order valence-electron chi connectivity index (χ1n) is 7.34. The molecule has 0 atom stereocenters. The highest BCUT2D eigenvalue weighted by atomic mass is 79.9. The topological polar surface area (TPSA) is 37.4 Å². The normalized spacial score (nSPS) is 21.5. The Morgan fingerprint density at radius 3 is 2.45 bits per heavy atom. The second-order valence-electron chi connectivity index (χ2n) is 5.87. The molecule has 3 nitrogen and oxygen atoms in total. The van der Waals surface area contributed by atoms with Crippen molar-refractivity contribution in [2.45, 2.75) is 55.2 Å².